The minimum atomic E-state index is -1.39. The van der Waals surface area contributed by atoms with Crippen LogP contribution in [0.3, 0.4) is 0 Å². The molecule has 0 fully saturated rings. The van der Waals surface area contributed by atoms with E-state index in [2.05, 4.69) is 0 Å². The first kappa shape index (κ1) is 27.7. The van der Waals surface area contributed by atoms with Crippen molar-refractivity contribution in [3.05, 3.63) is 85.5 Å². The summed E-state index contributed by atoms with van der Waals surface area (Å²) in [7, 11) is 0. The second-order valence-electron chi connectivity index (χ2n) is 7.88. The first-order valence-corrected chi connectivity index (χ1v) is 12.9. The van der Waals surface area contributed by atoms with Crippen LogP contribution in [0.15, 0.2) is 36.4 Å². The van der Waals surface area contributed by atoms with Gasteiger partial charge in [-0.1, -0.05) is 47.1 Å². The van der Waals surface area contributed by atoms with Crippen molar-refractivity contribution in [2.75, 3.05) is 18.9 Å². The largest absolute Gasteiger partial charge is 0.462 e. The number of fused-ring (bicyclic) bond motifs is 1. The molecule has 3 aromatic rings. The minimum Gasteiger partial charge on any atom is -0.462 e. The molecule has 198 valence electrons. The van der Waals surface area contributed by atoms with Gasteiger partial charge in [-0.25, -0.2) is 18.4 Å². The van der Waals surface area contributed by atoms with Crippen LogP contribution in [0.4, 0.5) is 14.5 Å². The molecule has 1 aromatic heterocycles. The van der Waals surface area contributed by atoms with E-state index >= 15 is 0 Å². The highest BCUT2D eigenvalue weighted by atomic mass is 35.5. The zero-order chi connectivity index (χ0) is 27.7. The van der Waals surface area contributed by atoms with Gasteiger partial charge in [-0.05, 0) is 44.2 Å². The summed E-state index contributed by atoms with van der Waals surface area (Å²) in [5.41, 5.74) is 5.39. The van der Waals surface area contributed by atoms with Crippen molar-refractivity contribution in [3.63, 3.8) is 0 Å². The average molecular weight is 581 g/mol. The number of nitrogens with zero attached hydrogens (tertiary/aromatic N) is 1. The van der Waals surface area contributed by atoms with Gasteiger partial charge in [0.1, 0.15) is 21.8 Å². The third-order valence-electron chi connectivity index (χ3n) is 5.62. The predicted octanol–water partition coefficient (Wildman–Crippen LogP) is 4.46. The van der Waals surface area contributed by atoms with Crippen LogP contribution >= 0.6 is 35.0 Å². The van der Waals surface area contributed by atoms with Gasteiger partial charge in [0.05, 0.1) is 29.3 Å². The molecule has 0 saturated carbocycles. The maximum Gasteiger partial charge on any atom is 0.357 e. The minimum absolute atomic E-state index is 0.0190. The van der Waals surface area contributed by atoms with Crippen molar-refractivity contribution in [2.45, 2.75) is 19.1 Å². The third-order valence-corrected chi connectivity index (χ3v) is 7.55. The van der Waals surface area contributed by atoms with Crippen LogP contribution in [-0.2, 0) is 14.3 Å². The quantitative estimate of drug-likeness (QED) is 0.429. The summed E-state index contributed by atoms with van der Waals surface area (Å²) >= 11 is 13.2. The molecule has 0 spiro atoms. The van der Waals surface area contributed by atoms with E-state index in [-0.39, 0.29) is 55.5 Å². The molecule has 1 atom stereocenters. The Bertz CT molecular complexity index is 1570. The molecule has 12 heteroatoms. The lowest BCUT2D eigenvalue weighted by Gasteiger charge is -2.24. The molecule has 0 unspecified atom stereocenters. The number of rotatable bonds is 6. The van der Waals surface area contributed by atoms with E-state index in [1.54, 1.807) is 13.8 Å². The van der Waals surface area contributed by atoms with E-state index in [0.717, 1.165) is 16.7 Å². The summed E-state index contributed by atoms with van der Waals surface area (Å²) in [5, 5.41) is -1.61. The van der Waals surface area contributed by atoms with Gasteiger partial charge in [0.2, 0.25) is 5.91 Å². The van der Waals surface area contributed by atoms with Crippen molar-refractivity contribution in [1.82, 2.24) is 4.57 Å². The van der Waals surface area contributed by atoms with Crippen LogP contribution in [0.1, 0.15) is 45.5 Å². The normalized spacial score (nSPS) is 15.4. The van der Waals surface area contributed by atoms with Gasteiger partial charge in [-0.15, -0.1) is 0 Å². The second-order valence-corrected chi connectivity index (χ2v) is 9.81. The van der Waals surface area contributed by atoms with Crippen LogP contribution in [0.25, 0.3) is 11.0 Å². The van der Waals surface area contributed by atoms with Crippen LogP contribution in [0.2, 0.25) is 10.0 Å². The number of nitrogen functional groups attached to an aromatic ring is 1. The summed E-state index contributed by atoms with van der Waals surface area (Å²) in [6.45, 7) is 3.04. The molecule has 2 heterocycles. The number of nitrogens with two attached hydrogens (primary N) is 1. The highest BCUT2D eigenvalue weighted by Crippen LogP contribution is 2.43. The molecule has 1 aliphatic heterocycles. The first-order chi connectivity index (χ1) is 18.1. The van der Waals surface area contributed by atoms with Crippen LogP contribution in [0.5, 0.6) is 0 Å². The molecule has 0 amide bonds. The molecule has 0 radical (unpaired) electrons. The van der Waals surface area contributed by atoms with Crippen molar-refractivity contribution in [1.29, 1.82) is 0 Å². The smallest absolute Gasteiger partial charge is 0.357 e. The summed E-state index contributed by atoms with van der Waals surface area (Å²) < 4.78 is 40.9. The number of benzene rings is 2. The van der Waals surface area contributed by atoms with Crippen LogP contribution in [0, 0.1) is 11.6 Å². The number of carbonyl (C=O) groups excluding carboxylic acids is 3. The van der Waals surface area contributed by atoms with Gasteiger partial charge in [0, 0.05) is 21.4 Å². The Morgan fingerprint density at radius 1 is 1.03 bits per heavy atom. The number of thioether (sulfide) groups is 1. The Kier molecular flexibility index (Phi) is 8.15. The monoisotopic (exact) mass is 580 g/mol. The Hall–Kier alpha value is -3.34. The van der Waals surface area contributed by atoms with E-state index < -0.39 is 40.4 Å². The summed E-state index contributed by atoms with van der Waals surface area (Å²) in [6.07, 6.45) is 1.23. The van der Waals surface area contributed by atoms with Gasteiger partial charge >= 0.3 is 11.9 Å². The lowest BCUT2D eigenvalue weighted by molar-refractivity contribution is -0.135. The van der Waals surface area contributed by atoms with E-state index in [0.29, 0.717) is 11.8 Å². The van der Waals surface area contributed by atoms with Crippen molar-refractivity contribution in [2.24, 2.45) is 0 Å². The molecule has 38 heavy (non-hydrogen) atoms. The Morgan fingerprint density at radius 3 is 2.24 bits per heavy atom. The molecular weight excluding hydrogens is 561 g/mol. The molecule has 2 aromatic carbocycles. The van der Waals surface area contributed by atoms with Gasteiger partial charge in [-0.3, -0.25) is 9.36 Å². The fourth-order valence-electron chi connectivity index (χ4n) is 4.02. The summed E-state index contributed by atoms with van der Waals surface area (Å²) in [5.74, 6) is -4.17. The van der Waals surface area contributed by atoms with Gasteiger partial charge in [0.25, 0.3) is 0 Å². The van der Waals surface area contributed by atoms with Crippen molar-refractivity contribution >= 4 is 69.5 Å². The van der Waals surface area contributed by atoms with Crippen LogP contribution in [-0.4, -0.2) is 35.6 Å². The molecule has 4 rings (SSSR count). The predicted molar refractivity (Wildman–Crippen MR) is 141 cm³/mol. The molecule has 0 bridgehead atoms. The zero-order valence-corrected chi connectivity index (χ0v) is 22.3. The van der Waals surface area contributed by atoms with Gasteiger partial charge < -0.3 is 15.2 Å². The maximum absolute atomic E-state index is 14.9. The van der Waals surface area contributed by atoms with E-state index in [1.807, 2.05) is 0 Å². The number of halogens is 4. The molecule has 0 saturated heterocycles. The maximum atomic E-state index is 14.9. The zero-order valence-electron chi connectivity index (χ0n) is 20.0. The molecule has 0 aliphatic carbocycles. The Morgan fingerprint density at radius 2 is 1.63 bits per heavy atom. The standard InChI is InChI=1S/C26H20Cl2F2N2O5S/c1-3-36-25(34)21-19(31)13(11-12-14(27)7-5-9-16(12)29)20-23(26(35)37-4-2)38-22(24(33)32(20)21)18-15(28)8-6-10-17(18)30/h5-11,22H,3-4,31H2,1-2H3/b13-11+/t22-/m0/s1. The number of aromatic nitrogens is 1. The van der Waals surface area contributed by atoms with Crippen molar-refractivity contribution < 1.29 is 32.6 Å². The van der Waals surface area contributed by atoms with E-state index in [9.17, 15) is 23.2 Å². The summed E-state index contributed by atoms with van der Waals surface area (Å²) in [4.78, 5) is 39.9. The average Bonchev–Trinajstić information content (AvgIpc) is 3.15. The number of hydrogen-bond donors (Lipinski definition) is 1. The van der Waals surface area contributed by atoms with E-state index in [1.165, 1.54) is 30.3 Å². The Balaban J connectivity index is 2.17. The molecule has 2 N–H and O–H groups in total. The Labute approximate surface area is 229 Å². The van der Waals surface area contributed by atoms with Gasteiger partial charge in [-0.2, -0.15) is 0 Å². The summed E-state index contributed by atoms with van der Waals surface area (Å²) in [6, 6.07) is 7.87. The second kappa shape index (κ2) is 11.2. The number of anilines is 1. The topological polar surface area (TPSA) is 101 Å². The lowest BCUT2D eigenvalue weighted by atomic mass is 10.1. The third kappa shape index (κ3) is 4.79. The lowest BCUT2D eigenvalue weighted by Crippen LogP contribution is -2.43. The fraction of sp³-hybridized carbons (Fsp3) is 0.192. The molecule has 1 aliphatic rings. The molecule has 7 nitrogen and oxygen atoms in total. The number of esters is 2. The number of ether oxygens (including phenoxy) is 2. The highest BCUT2D eigenvalue weighted by Gasteiger charge is 2.40. The molecular formula is C26H20Cl2F2N2O5S. The van der Waals surface area contributed by atoms with Gasteiger partial charge in [0.15, 0.2) is 5.69 Å². The fourth-order valence-corrected chi connectivity index (χ4v) is 5.84. The number of carbonyl (C=O) groups is 3. The van der Waals surface area contributed by atoms with Crippen LogP contribution < -0.4 is 16.3 Å². The first-order valence-electron chi connectivity index (χ1n) is 11.3. The number of hydrogen-bond acceptors (Lipinski definition) is 7. The van der Waals surface area contributed by atoms with E-state index in [4.69, 9.17) is 38.4 Å². The van der Waals surface area contributed by atoms with Crippen molar-refractivity contribution in [3.8, 4) is 0 Å². The highest BCUT2D eigenvalue weighted by molar-refractivity contribution is 8.10. The SMILES string of the molecule is CCOC(=O)C1=c2/c(=C/c3c(F)cccc3Cl)c(N)c(C(=O)OCC)n2C(=O)[C@H](c2c(F)cccc2Cl)S1.